The molecular weight excluding hydrogens is 234 g/mol. The summed E-state index contributed by atoms with van der Waals surface area (Å²) in [7, 11) is 2.33. The molecule has 0 radical (unpaired) electrons. The summed E-state index contributed by atoms with van der Waals surface area (Å²) in [6.45, 7) is 6.60. The van der Waals surface area contributed by atoms with Crippen LogP contribution < -0.4 is 5.32 Å². The maximum atomic E-state index is 3.62. The minimum absolute atomic E-state index is 0.883. The van der Waals surface area contributed by atoms with Gasteiger partial charge in [0.15, 0.2) is 0 Å². The number of unbranched alkanes of at least 4 members (excludes halogenated alkanes) is 1. The Balaban J connectivity index is 1.31. The Morgan fingerprint density at radius 2 is 1.95 bits per heavy atom. The molecule has 0 aromatic rings. The van der Waals surface area contributed by atoms with Crippen molar-refractivity contribution in [1.82, 2.24) is 15.1 Å². The van der Waals surface area contributed by atoms with Crippen LogP contribution in [0.25, 0.3) is 0 Å². The van der Waals surface area contributed by atoms with Crippen LogP contribution in [0.15, 0.2) is 0 Å². The van der Waals surface area contributed by atoms with Gasteiger partial charge < -0.3 is 15.1 Å². The Morgan fingerprint density at radius 3 is 2.79 bits per heavy atom. The third-order valence-electron chi connectivity index (χ3n) is 5.34. The molecule has 2 saturated heterocycles. The van der Waals surface area contributed by atoms with Gasteiger partial charge in [0.2, 0.25) is 0 Å². The van der Waals surface area contributed by atoms with Gasteiger partial charge in [0.05, 0.1) is 0 Å². The summed E-state index contributed by atoms with van der Waals surface area (Å²) < 4.78 is 0. The molecule has 2 heterocycles. The second kappa shape index (κ2) is 6.55. The van der Waals surface area contributed by atoms with Crippen LogP contribution in [0.1, 0.15) is 44.9 Å². The Bertz CT molecular complexity index is 277. The van der Waals surface area contributed by atoms with E-state index in [4.69, 9.17) is 0 Å². The molecular formula is C16H31N3. The first kappa shape index (κ1) is 13.8. The fraction of sp³-hybridized carbons (Fsp3) is 1.00. The molecule has 2 unspecified atom stereocenters. The summed E-state index contributed by atoms with van der Waals surface area (Å²) in [5.41, 5.74) is 0. The molecule has 0 bridgehead atoms. The fourth-order valence-corrected chi connectivity index (χ4v) is 3.98. The molecule has 2 aliphatic heterocycles. The Hall–Kier alpha value is -0.120. The van der Waals surface area contributed by atoms with Crippen LogP contribution in [-0.2, 0) is 0 Å². The van der Waals surface area contributed by atoms with Crippen molar-refractivity contribution in [3.8, 4) is 0 Å². The van der Waals surface area contributed by atoms with E-state index in [-0.39, 0.29) is 0 Å². The maximum Gasteiger partial charge on any atom is 0.0145 e. The summed E-state index contributed by atoms with van der Waals surface area (Å²) in [5.74, 6) is 0.956. The molecule has 3 heteroatoms. The van der Waals surface area contributed by atoms with Crippen molar-refractivity contribution in [2.24, 2.45) is 5.92 Å². The van der Waals surface area contributed by atoms with Crippen LogP contribution in [0.5, 0.6) is 0 Å². The highest BCUT2D eigenvalue weighted by atomic mass is 15.2. The zero-order valence-corrected chi connectivity index (χ0v) is 12.6. The molecule has 3 rings (SSSR count). The van der Waals surface area contributed by atoms with Crippen LogP contribution in [0.4, 0.5) is 0 Å². The molecule has 0 amide bonds. The van der Waals surface area contributed by atoms with Gasteiger partial charge in [-0.3, -0.25) is 0 Å². The SMILES string of the molecule is CN1CCCC2CN(CCCCNC3CC3)CCC21. The van der Waals surface area contributed by atoms with E-state index < -0.39 is 0 Å². The van der Waals surface area contributed by atoms with Crippen molar-refractivity contribution < 1.29 is 0 Å². The highest BCUT2D eigenvalue weighted by molar-refractivity contribution is 4.89. The quantitative estimate of drug-likeness (QED) is 0.741. The van der Waals surface area contributed by atoms with Crippen molar-refractivity contribution in [3.63, 3.8) is 0 Å². The van der Waals surface area contributed by atoms with E-state index in [1.807, 2.05) is 0 Å². The minimum Gasteiger partial charge on any atom is -0.314 e. The van der Waals surface area contributed by atoms with Crippen LogP contribution >= 0.6 is 0 Å². The maximum absolute atomic E-state index is 3.62. The Morgan fingerprint density at radius 1 is 1.05 bits per heavy atom. The fourth-order valence-electron chi connectivity index (χ4n) is 3.98. The van der Waals surface area contributed by atoms with Crippen LogP contribution in [-0.4, -0.2) is 61.7 Å². The first-order chi connectivity index (χ1) is 9.33. The molecule has 110 valence electrons. The van der Waals surface area contributed by atoms with E-state index >= 15 is 0 Å². The largest absolute Gasteiger partial charge is 0.314 e. The standard InChI is InChI=1S/C16H31N3/c1-18-10-4-5-14-13-19(12-8-16(14)18)11-3-2-9-17-15-6-7-15/h14-17H,2-13H2,1H3. The van der Waals surface area contributed by atoms with E-state index in [1.165, 1.54) is 77.7 Å². The highest BCUT2D eigenvalue weighted by Crippen LogP contribution is 2.29. The van der Waals surface area contributed by atoms with Gasteiger partial charge in [0, 0.05) is 18.6 Å². The third kappa shape index (κ3) is 3.93. The number of rotatable bonds is 6. The van der Waals surface area contributed by atoms with Crippen LogP contribution in [0.3, 0.4) is 0 Å². The van der Waals surface area contributed by atoms with E-state index in [2.05, 4.69) is 22.2 Å². The normalized spacial score (nSPS) is 33.3. The van der Waals surface area contributed by atoms with Gasteiger partial charge in [0.1, 0.15) is 0 Å². The first-order valence-corrected chi connectivity index (χ1v) is 8.49. The molecule has 3 aliphatic rings. The number of piperidine rings is 2. The zero-order valence-electron chi connectivity index (χ0n) is 12.6. The average Bonchev–Trinajstić information content (AvgIpc) is 3.23. The molecule has 0 spiro atoms. The summed E-state index contributed by atoms with van der Waals surface area (Å²) in [6.07, 6.45) is 9.87. The molecule has 1 N–H and O–H groups in total. The lowest BCUT2D eigenvalue weighted by molar-refractivity contribution is 0.0381. The monoisotopic (exact) mass is 265 g/mol. The number of fused-ring (bicyclic) bond motifs is 1. The van der Waals surface area contributed by atoms with E-state index in [0.717, 1.165) is 18.0 Å². The van der Waals surface area contributed by atoms with Gasteiger partial charge >= 0.3 is 0 Å². The van der Waals surface area contributed by atoms with Crippen molar-refractivity contribution in [2.45, 2.75) is 57.0 Å². The lowest BCUT2D eigenvalue weighted by Gasteiger charge is -2.46. The van der Waals surface area contributed by atoms with Gasteiger partial charge in [-0.1, -0.05) is 0 Å². The molecule has 2 atom stereocenters. The molecule has 1 saturated carbocycles. The second-order valence-electron chi connectivity index (χ2n) is 6.98. The van der Waals surface area contributed by atoms with Gasteiger partial charge in [-0.15, -0.1) is 0 Å². The van der Waals surface area contributed by atoms with Crippen LogP contribution in [0.2, 0.25) is 0 Å². The number of likely N-dealkylation sites (tertiary alicyclic amines) is 2. The number of nitrogens with one attached hydrogen (secondary N) is 1. The van der Waals surface area contributed by atoms with E-state index in [0.29, 0.717) is 0 Å². The minimum atomic E-state index is 0.883. The summed E-state index contributed by atoms with van der Waals surface area (Å²) in [6, 6.07) is 1.77. The summed E-state index contributed by atoms with van der Waals surface area (Å²) in [4.78, 5) is 5.35. The molecule has 0 aromatic heterocycles. The van der Waals surface area contributed by atoms with E-state index in [9.17, 15) is 0 Å². The van der Waals surface area contributed by atoms with Crippen molar-refractivity contribution in [2.75, 3.05) is 39.8 Å². The predicted octanol–water partition coefficient (Wildman–Crippen LogP) is 1.93. The molecule has 19 heavy (non-hydrogen) atoms. The van der Waals surface area contributed by atoms with Crippen molar-refractivity contribution >= 4 is 0 Å². The highest BCUT2D eigenvalue weighted by Gasteiger charge is 2.33. The van der Waals surface area contributed by atoms with E-state index in [1.54, 1.807) is 0 Å². The number of hydrogen-bond donors (Lipinski definition) is 1. The molecule has 3 fully saturated rings. The lowest BCUT2D eigenvalue weighted by Crippen LogP contribution is -2.52. The topological polar surface area (TPSA) is 18.5 Å². The van der Waals surface area contributed by atoms with Crippen molar-refractivity contribution in [1.29, 1.82) is 0 Å². The molecule has 3 nitrogen and oxygen atoms in total. The third-order valence-corrected chi connectivity index (χ3v) is 5.34. The smallest absolute Gasteiger partial charge is 0.0145 e. The Kier molecular flexibility index (Phi) is 4.78. The van der Waals surface area contributed by atoms with Gasteiger partial charge in [-0.25, -0.2) is 0 Å². The molecule has 0 aromatic carbocycles. The Labute approximate surface area is 118 Å². The second-order valence-corrected chi connectivity index (χ2v) is 6.98. The summed E-state index contributed by atoms with van der Waals surface area (Å²) in [5, 5.41) is 3.62. The van der Waals surface area contributed by atoms with Crippen LogP contribution in [0, 0.1) is 5.92 Å². The summed E-state index contributed by atoms with van der Waals surface area (Å²) >= 11 is 0. The van der Waals surface area contributed by atoms with Gasteiger partial charge in [-0.2, -0.15) is 0 Å². The molecule has 1 aliphatic carbocycles. The van der Waals surface area contributed by atoms with Gasteiger partial charge in [0.25, 0.3) is 0 Å². The average molecular weight is 265 g/mol. The number of hydrogen-bond acceptors (Lipinski definition) is 3. The zero-order chi connectivity index (χ0) is 13.1. The number of nitrogens with zero attached hydrogens (tertiary/aromatic N) is 2. The van der Waals surface area contributed by atoms with Crippen molar-refractivity contribution in [3.05, 3.63) is 0 Å². The first-order valence-electron chi connectivity index (χ1n) is 8.49. The van der Waals surface area contributed by atoms with Gasteiger partial charge in [-0.05, 0) is 84.1 Å². The lowest BCUT2D eigenvalue weighted by atomic mass is 9.84. The predicted molar refractivity (Wildman–Crippen MR) is 80.5 cm³/mol.